The van der Waals surface area contributed by atoms with Crippen molar-refractivity contribution in [1.29, 1.82) is 0 Å². The number of halogens is 2. The zero-order valence-corrected chi connectivity index (χ0v) is 20.2. The van der Waals surface area contributed by atoms with Gasteiger partial charge in [-0.05, 0) is 24.1 Å². The molecule has 0 amide bonds. The minimum absolute atomic E-state index is 0. The smallest absolute Gasteiger partial charge is 0.303 e. The number of hydrogen-bond acceptors (Lipinski definition) is 4. The van der Waals surface area contributed by atoms with Gasteiger partial charge in [-0.3, -0.25) is 4.79 Å². The maximum absolute atomic E-state index is 11.1. The van der Waals surface area contributed by atoms with Gasteiger partial charge in [0.2, 0.25) is 0 Å². The molecule has 1 heterocycles. The lowest BCUT2D eigenvalue weighted by Gasteiger charge is -2.44. The van der Waals surface area contributed by atoms with Crippen LogP contribution < -0.4 is 4.90 Å². The molecule has 0 saturated carbocycles. The topological polar surface area (TPSA) is 64.0 Å². The van der Waals surface area contributed by atoms with Crippen molar-refractivity contribution in [1.82, 2.24) is 4.90 Å². The number of aliphatic hydroxyl groups is 1. The molecule has 2 N–H and O–H groups in total. The number of benzene rings is 2. The molecule has 0 radical (unpaired) electrons. The van der Waals surface area contributed by atoms with E-state index in [1.54, 1.807) is 6.92 Å². The summed E-state index contributed by atoms with van der Waals surface area (Å²) in [6, 6.07) is 20.6. The van der Waals surface area contributed by atoms with Gasteiger partial charge in [-0.2, -0.15) is 0 Å². The van der Waals surface area contributed by atoms with Gasteiger partial charge in [-0.15, -0.1) is 24.8 Å². The van der Waals surface area contributed by atoms with Crippen LogP contribution in [0.4, 0.5) is 5.69 Å². The third kappa shape index (κ3) is 8.69. The van der Waals surface area contributed by atoms with E-state index < -0.39 is 11.6 Å². The Bertz CT molecular complexity index is 747. The molecule has 0 spiro atoms. The molecule has 174 valence electrons. The molecule has 0 bridgehead atoms. The van der Waals surface area contributed by atoms with Crippen LogP contribution in [0.2, 0.25) is 0 Å². The number of piperidine rings is 1. The van der Waals surface area contributed by atoms with E-state index >= 15 is 0 Å². The molecule has 1 aliphatic rings. The molecule has 31 heavy (non-hydrogen) atoms. The Morgan fingerprint density at radius 1 is 1.10 bits per heavy atom. The molecule has 3 rings (SSSR count). The molecule has 0 aromatic heterocycles. The lowest BCUT2D eigenvalue weighted by Crippen LogP contribution is -2.50. The fourth-order valence-corrected chi connectivity index (χ4v) is 3.67. The van der Waals surface area contributed by atoms with Crippen molar-refractivity contribution in [3.05, 3.63) is 66.2 Å². The number of likely N-dealkylation sites (tertiary alicyclic amines) is 1. The Hall–Kier alpha value is -1.79. The first-order chi connectivity index (χ1) is 13.9. The van der Waals surface area contributed by atoms with Crippen molar-refractivity contribution in [3.8, 4) is 0 Å². The summed E-state index contributed by atoms with van der Waals surface area (Å²) in [6.07, 6.45) is 1.02. The first-order valence-corrected chi connectivity index (χ1v) is 10.3. The van der Waals surface area contributed by atoms with Crippen LogP contribution in [0, 0.1) is 5.92 Å². The molecule has 2 aromatic carbocycles. The summed E-state index contributed by atoms with van der Waals surface area (Å²) in [5, 5.41) is 18.9. The first kappa shape index (κ1) is 29.2. The maximum Gasteiger partial charge on any atom is 0.303 e. The second-order valence-electron chi connectivity index (χ2n) is 7.75. The van der Waals surface area contributed by atoms with Crippen molar-refractivity contribution in [2.75, 3.05) is 38.1 Å². The van der Waals surface area contributed by atoms with Crippen molar-refractivity contribution in [3.63, 3.8) is 0 Å². The lowest BCUT2D eigenvalue weighted by atomic mass is 9.77. The number of likely N-dealkylation sites (N-methyl/N-ethyl adjacent to an activating group) is 1. The van der Waals surface area contributed by atoms with Crippen molar-refractivity contribution >= 4 is 36.5 Å². The largest absolute Gasteiger partial charge is 0.481 e. The summed E-state index contributed by atoms with van der Waals surface area (Å²) in [6.45, 7) is 7.68. The molecule has 7 heteroatoms. The average molecular weight is 471 g/mol. The fourth-order valence-electron chi connectivity index (χ4n) is 3.67. The van der Waals surface area contributed by atoms with Crippen LogP contribution in [0.15, 0.2) is 60.7 Å². The summed E-state index contributed by atoms with van der Waals surface area (Å²) < 4.78 is 0. The van der Waals surface area contributed by atoms with Gasteiger partial charge >= 0.3 is 5.97 Å². The van der Waals surface area contributed by atoms with E-state index in [2.05, 4.69) is 60.2 Å². The molecule has 2 unspecified atom stereocenters. The molecule has 2 aromatic rings. The van der Waals surface area contributed by atoms with Gasteiger partial charge in [0, 0.05) is 51.3 Å². The predicted octanol–water partition coefficient (Wildman–Crippen LogP) is 4.68. The number of hydrogen-bond donors (Lipinski definition) is 2. The lowest BCUT2D eigenvalue weighted by molar-refractivity contribution is -0.136. The van der Waals surface area contributed by atoms with Gasteiger partial charge in [0.15, 0.2) is 0 Å². The standard InChI is InChI=1S/C21H28N2O.C3H6O2.2ClH/c1-18-17-23(16-15-22(2)20-11-7-4-8-12-20)14-13-21(18,24)19-9-5-3-6-10-19;1-2-3(4)5;;/h3-12,18,24H,13-17H2,1-2H3;2H2,1H3,(H,4,5);2*1H. The monoisotopic (exact) mass is 470 g/mol. The van der Waals surface area contributed by atoms with Gasteiger partial charge in [0.05, 0.1) is 5.60 Å². The van der Waals surface area contributed by atoms with Crippen LogP contribution in [0.1, 0.15) is 32.3 Å². The van der Waals surface area contributed by atoms with E-state index in [1.807, 2.05) is 24.3 Å². The second-order valence-corrected chi connectivity index (χ2v) is 7.75. The van der Waals surface area contributed by atoms with E-state index in [-0.39, 0.29) is 37.2 Å². The highest BCUT2D eigenvalue weighted by atomic mass is 35.5. The normalized spacial score (nSPS) is 20.3. The van der Waals surface area contributed by atoms with Crippen LogP contribution in [-0.2, 0) is 10.4 Å². The summed E-state index contributed by atoms with van der Waals surface area (Å²) in [5.41, 5.74) is 1.62. The van der Waals surface area contributed by atoms with Crippen LogP contribution in [-0.4, -0.2) is 54.3 Å². The molecule has 2 atom stereocenters. The Morgan fingerprint density at radius 2 is 1.61 bits per heavy atom. The maximum atomic E-state index is 11.1. The number of carboxylic acid groups (broad SMARTS) is 1. The predicted molar refractivity (Wildman–Crippen MR) is 133 cm³/mol. The average Bonchev–Trinajstić information content (AvgIpc) is 2.76. The van der Waals surface area contributed by atoms with Crippen molar-refractivity contribution in [2.24, 2.45) is 5.92 Å². The zero-order chi connectivity index (χ0) is 21.3. The highest BCUT2D eigenvalue weighted by Crippen LogP contribution is 2.37. The number of carboxylic acids is 1. The molecular weight excluding hydrogens is 435 g/mol. The van der Waals surface area contributed by atoms with Crippen LogP contribution in [0.3, 0.4) is 0 Å². The Kier molecular flexibility index (Phi) is 13.5. The van der Waals surface area contributed by atoms with E-state index in [1.165, 1.54) is 5.69 Å². The van der Waals surface area contributed by atoms with Gasteiger partial charge in [0.25, 0.3) is 0 Å². The Labute approximate surface area is 198 Å². The summed E-state index contributed by atoms with van der Waals surface area (Å²) >= 11 is 0. The minimum atomic E-state index is -0.745. The van der Waals surface area contributed by atoms with Gasteiger partial charge < -0.3 is 20.0 Å². The molecule has 1 saturated heterocycles. The van der Waals surface area contributed by atoms with Gasteiger partial charge in [-0.25, -0.2) is 0 Å². The highest BCUT2D eigenvalue weighted by Gasteiger charge is 2.39. The number of aliphatic carboxylic acids is 1. The van der Waals surface area contributed by atoms with E-state index in [0.717, 1.165) is 38.2 Å². The Balaban J connectivity index is 0.00000116. The summed E-state index contributed by atoms with van der Waals surface area (Å²) in [5.74, 6) is -0.513. The minimum Gasteiger partial charge on any atom is -0.481 e. The quantitative estimate of drug-likeness (QED) is 0.641. The van der Waals surface area contributed by atoms with Gasteiger partial charge in [-0.1, -0.05) is 62.4 Å². The van der Waals surface area contributed by atoms with E-state index in [9.17, 15) is 9.90 Å². The third-order valence-corrected chi connectivity index (χ3v) is 5.68. The van der Waals surface area contributed by atoms with Crippen LogP contribution in [0.5, 0.6) is 0 Å². The second kappa shape index (κ2) is 14.3. The fraction of sp³-hybridized carbons (Fsp3) is 0.458. The number of anilines is 1. The van der Waals surface area contributed by atoms with E-state index in [0.29, 0.717) is 0 Å². The summed E-state index contributed by atoms with van der Waals surface area (Å²) in [7, 11) is 2.14. The van der Waals surface area contributed by atoms with E-state index in [4.69, 9.17) is 5.11 Å². The summed E-state index contributed by atoms with van der Waals surface area (Å²) in [4.78, 5) is 14.1. The number of nitrogens with zero attached hydrogens (tertiary/aromatic N) is 2. The van der Waals surface area contributed by atoms with Crippen LogP contribution >= 0.6 is 24.8 Å². The molecule has 1 aliphatic heterocycles. The van der Waals surface area contributed by atoms with Crippen molar-refractivity contribution < 1.29 is 15.0 Å². The SMILES string of the molecule is CC1CN(CCN(C)c2ccccc2)CCC1(O)c1ccccc1.CCC(=O)O.Cl.Cl. The third-order valence-electron chi connectivity index (χ3n) is 5.68. The molecular formula is C24H36Cl2N2O3. The first-order valence-electron chi connectivity index (χ1n) is 10.3. The Morgan fingerprint density at radius 3 is 2.10 bits per heavy atom. The number of carbonyl (C=O) groups is 1. The zero-order valence-electron chi connectivity index (χ0n) is 18.6. The molecule has 5 nitrogen and oxygen atoms in total. The number of para-hydroxylation sites is 1. The molecule has 1 fully saturated rings. The van der Waals surface area contributed by atoms with Crippen LogP contribution in [0.25, 0.3) is 0 Å². The van der Waals surface area contributed by atoms with Gasteiger partial charge in [0.1, 0.15) is 0 Å². The molecule has 0 aliphatic carbocycles. The van der Waals surface area contributed by atoms with Crippen molar-refractivity contribution in [2.45, 2.75) is 32.3 Å². The number of rotatable bonds is 6. The highest BCUT2D eigenvalue weighted by molar-refractivity contribution is 5.85.